The van der Waals surface area contributed by atoms with E-state index in [-0.39, 0.29) is 36.2 Å². The monoisotopic (exact) mass is 460 g/mol. The molecule has 2 heterocycles. The van der Waals surface area contributed by atoms with E-state index in [1.807, 2.05) is 35.2 Å². The summed E-state index contributed by atoms with van der Waals surface area (Å²) in [4.78, 5) is 31.9. The topological polar surface area (TPSA) is 77.7 Å². The molecule has 1 aliphatic rings. The van der Waals surface area contributed by atoms with Gasteiger partial charge in [0.1, 0.15) is 11.4 Å². The molecule has 1 saturated heterocycles. The first kappa shape index (κ1) is 22.7. The third kappa shape index (κ3) is 5.83. The van der Waals surface area contributed by atoms with Gasteiger partial charge in [-0.1, -0.05) is 36.4 Å². The number of piperazine rings is 1. The van der Waals surface area contributed by atoms with Gasteiger partial charge in [0.15, 0.2) is 0 Å². The van der Waals surface area contributed by atoms with E-state index in [2.05, 4.69) is 15.0 Å². The van der Waals surface area contributed by atoms with Crippen molar-refractivity contribution in [1.29, 1.82) is 0 Å². The second-order valence-corrected chi connectivity index (χ2v) is 7.77. The highest BCUT2D eigenvalue weighted by molar-refractivity contribution is 5.98. The fourth-order valence-corrected chi connectivity index (χ4v) is 3.79. The normalized spacial score (nSPS) is 14.9. The molecule has 0 radical (unpaired) electrons. The fourth-order valence-electron chi connectivity index (χ4n) is 3.79. The van der Waals surface area contributed by atoms with Crippen LogP contribution in [0.1, 0.15) is 16.1 Å². The Kier molecular flexibility index (Phi) is 6.55. The van der Waals surface area contributed by atoms with Gasteiger partial charge in [-0.3, -0.25) is 14.5 Å². The number of amides is 2. The second-order valence-electron chi connectivity index (χ2n) is 7.77. The van der Waals surface area contributed by atoms with Crippen LogP contribution < -0.4 is 10.1 Å². The van der Waals surface area contributed by atoms with Gasteiger partial charge in [0.05, 0.1) is 6.54 Å². The number of aromatic amines is 1. The number of hydrogen-bond acceptors (Lipinski definition) is 4. The molecule has 0 unspecified atom stereocenters. The molecule has 174 valence electrons. The summed E-state index contributed by atoms with van der Waals surface area (Å²) in [6, 6.07) is 15.2. The molecule has 2 aromatic carbocycles. The van der Waals surface area contributed by atoms with Crippen LogP contribution in [0.15, 0.2) is 54.6 Å². The van der Waals surface area contributed by atoms with Crippen LogP contribution in [0.4, 0.5) is 13.2 Å². The number of alkyl halides is 3. The molecule has 1 aliphatic heterocycles. The molecule has 0 bridgehead atoms. The van der Waals surface area contributed by atoms with Crippen molar-refractivity contribution in [2.45, 2.75) is 12.9 Å². The Morgan fingerprint density at radius 1 is 1.00 bits per heavy atom. The van der Waals surface area contributed by atoms with Crippen LogP contribution in [0.5, 0.6) is 5.75 Å². The lowest BCUT2D eigenvalue weighted by Crippen LogP contribution is -2.51. The van der Waals surface area contributed by atoms with Crippen LogP contribution in [-0.2, 0) is 11.3 Å². The number of aromatic nitrogens is 1. The Morgan fingerprint density at radius 3 is 2.42 bits per heavy atom. The van der Waals surface area contributed by atoms with E-state index in [0.717, 1.165) is 10.9 Å². The third-order valence-corrected chi connectivity index (χ3v) is 5.46. The van der Waals surface area contributed by atoms with E-state index in [1.165, 1.54) is 18.2 Å². The maximum atomic E-state index is 12.8. The average Bonchev–Trinajstić information content (AvgIpc) is 3.22. The number of ether oxygens (including phenoxy) is 1. The highest BCUT2D eigenvalue weighted by atomic mass is 19.4. The number of fused-ring (bicyclic) bond motifs is 1. The minimum atomic E-state index is -4.80. The number of carbonyl (C=O) groups excluding carboxylic acids is 2. The molecule has 3 aromatic rings. The van der Waals surface area contributed by atoms with Gasteiger partial charge in [0.2, 0.25) is 5.91 Å². The molecule has 2 N–H and O–H groups in total. The van der Waals surface area contributed by atoms with Gasteiger partial charge in [0.25, 0.3) is 5.91 Å². The third-order valence-electron chi connectivity index (χ3n) is 5.46. The van der Waals surface area contributed by atoms with Gasteiger partial charge >= 0.3 is 6.36 Å². The number of halogens is 3. The molecule has 33 heavy (non-hydrogen) atoms. The molecule has 0 spiro atoms. The summed E-state index contributed by atoms with van der Waals surface area (Å²) in [5.74, 6) is -0.738. The summed E-state index contributed by atoms with van der Waals surface area (Å²) in [5.41, 5.74) is 1.66. The number of rotatable bonds is 6. The maximum absolute atomic E-state index is 12.8. The lowest BCUT2D eigenvalue weighted by molar-refractivity contribution is -0.274. The molecule has 0 aliphatic carbocycles. The summed E-state index contributed by atoms with van der Waals surface area (Å²) in [5, 5.41) is 3.60. The summed E-state index contributed by atoms with van der Waals surface area (Å²) < 4.78 is 41.6. The summed E-state index contributed by atoms with van der Waals surface area (Å²) in [6.45, 7) is 2.01. The molecule has 0 atom stereocenters. The number of nitrogens with zero attached hydrogens (tertiary/aromatic N) is 2. The van der Waals surface area contributed by atoms with E-state index < -0.39 is 6.36 Å². The number of nitrogens with one attached hydrogen (secondary N) is 2. The van der Waals surface area contributed by atoms with Gasteiger partial charge in [0, 0.05) is 49.2 Å². The fraction of sp³-hybridized carbons (Fsp3) is 0.304. The quantitative estimate of drug-likeness (QED) is 0.593. The Morgan fingerprint density at radius 2 is 1.70 bits per heavy atom. The first-order valence-corrected chi connectivity index (χ1v) is 10.5. The highest BCUT2D eigenvalue weighted by Crippen LogP contribution is 2.26. The Hall–Kier alpha value is -3.53. The molecule has 10 heteroatoms. The van der Waals surface area contributed by atoms with Crippen LogP contribution in [0.3, 0.4) is 0 Å². The van der Waals surface area contributed by atoms with E-state index in [9.17, 15) is 22.8 Å². The predicted molar refractivity (Wildman–Crippen MR) is 116 cm³/mol. The summed E-state index contributed by atoms with van der Waals surface area (Å²) >= 11 is 0. The van der Waals surface area contributed by atoms with Crippen molar-refractivity contribution in [2.75, 3.05) is 32.7 Å². The van der Waals surface area contributed by atoms with Crippen molar-refractivity contribution < 1.29 is 27.5 Å². The molecule has 1 aromatic heterocycles. The molecular weight excluding hydrogens is 437 g/mol. The lowest BCUT2D eigenvalue weighted by Gasteiger charge is -2.34. The Bertz CT molecular complexity index is 1100. The largest absolute Gasteiger partial charge is 0.573 e. The number of para-hydroxylation sites is 2. The van der Waals surface area contributed by atoms with Crippen molar-refractivity contribution in [3.8, 4) is 5.75 Å². The van der Waals surface area contributed by atoms with Crippen molar-refractivity contribution >= 4 is 22.7 Å². The molecular formula is C23H23F3N4O3. The minimum Gasteiger partial charge on any atom is -0.405 e. The van der Waals surface area contributed by atoms with Crippen LogP contribution in [0, 0.1) is 0 Å². The lowest BCUT2D eigenvalue weighted by atomic mass is 10.2. The zero-order valence-corrected chi connectivity index (χ0v) is 17.7. The van der Waals surface area contributed by atoms with Crippen LogP contribution in [0.2, 0.25) is 0 Å². The molecule has 0 saturated carbocycles. The first-order chi connectivity index (χ1) is 15.8. The minimum absolute atomic E-state index is 0.0794. The standard InChI is InChI=1S/C23H23F3N4O3/c24-23(25,26)33-20-8-4-2-6-17(20)14-27-21(31)15-29-9-11-30(12-10-29)22(32)19-13-16-5-1-3-7-18(16)28-19/h1-8,13,28H,9-12,14-15H2,(H,27,31). The van der Waals surface area contributed by atoms with Gasteiger partial charge < -0.3 is 19.9 Å². The van der Waals surface area contributed by atoms with Gasteiger partial charge in [-0.15, -0.1) is 13.2 Å². The Labute approximate surface area is 188 Å². The summed E-state index contributed by atoms with van der Waals surface area (Å²) in [6.07, 6.45) is -4.80. The van der Waals surface area contributed by atoms with Crippen molar-refractivity contribution in [2.24, 2.45) is 0 Å². The number of H-pyrrole nitrogens is 1. The van der Waals surface area contributed by atoms with Crippen LogP contribution in [-0.4, -0.2) is 65.7 Å². The van der Waals surface area contributed by atoms with E-state index in [4.69, 9.17) is 0 Å². The average molecular weight is 460 g/mol. The van der Waals surface area contributed by atoms with Crippen molar-refractivity contribution in [3.63, 3.8) is 0 Å². The zero-order chi connectivity index (χ0) is 23.4. The van der Waals surface area contributed by atoms with E-state index in [1.54, 1.807) is 11.0 Å². The number of hydrogen-bond donors (Lipinski definition) is 2. The maximum Gasteiger partial charge on any atom is 0.573 e. The number of carbonyl (C=O) groups is 2. The van der Waals surface area contributed by atoms with E-state index >= 15 is 0 Å². The molecule has 4 rings (SSSR count). The van der Waals surface area contributed by atoms with Gasteiger partial charge in [-0.05, 0) is 18.2 Å². The van der Waals surface area contributed by atoms with Crippen LogP contribution in [0.25, 0.3) is 10.9 Å². The van der Waals surface area contributed by atoms with Crippen molar-refractivity contribution in [3.05, 3.63) is 65.9 Å². The second kappa shape index (κ2) is 9.53. The molecule has 7 nitrogen and oxygen atoms in total. The van der Waals surface area contributed by atoms with E-state index in [0.29, 0.717) is 31.9 Å². The van der Waals surface area contributed by atoms with Gasteiger partial charge in [-0.2, -0.15) is 0 Å². The Balaban J connectivity index is 1.25. The zero-order valence-electron chi connectivity index (χ0n) is 17.7. The predicted octanol–water partition coefficient (Wildman–Crippen LogP) is 3.14. The summed E-state index contributed by atoms with van der Waals surface area (Å²) in [7, 11) is 0. The van der Waals surface area contributed by atoms with Gasteiger partial charge in [-0.25, -0.2) is 0 Å². The number of benzene rings is 2. The smallest absolute Gasteiger partial charge is 0.405 e. The first-order valence-electron chi connectivity index (χ1n) is 10.5. The molecule has 2 amide bonds. The van der Waals surface area contributed by atoms with Crippen molar-refractivity contribution in [1.82, 2.24) is 20.1 Å². The van der Waals surface area contributed by atoms with Crippen LogP contribution >= 0.6 is 0 Å². The highest BCUT2D eigenvalue weighted by Gasteiger charge is 2.32. The SMILES string of the molecule is O=C(CN1CCN(C(=O)c2cc3ccccc3[nH]2)CC1)NCc1ccccc1OC(F)(F)F. The molecule has 1 fully saturated rings.